The topological polar surface area (TPSA) is 13.1 Å². The van der Waals surface area contributed by atoms with Crippen LogP contribution in [-0.2, 0) is 0 Å². The number of rotatable bonds is 4. The van der Waals surface area contributed by atoms with Crippen LogP contribution in [0.2, 0.25) is 0 Å². The monoisotopic (exact) mass is 592 g/mol. The largest absolute Gasteiger partial charge is 0.456 e. The molecule has 210 valence electrons. The van der Waals surface area contributed by atoms with Gasteiger partial charge in [0.2, 0.25) is 0 Å². The van der Waals surface area contributed by atoms with E-state index in [0.717, 1.165) is 0 Å². The fourth-order valence-electron chi connectivity index (χ4n) is 5.75. The Hall–Kier alpha value is -5.92. The van der Waals surface area contributed by atoms with Gasteiger partial charge in [0.25, 0.3) is 0 Å². The van der Waals surface area contributed by atoms with Crippen molar-refractivity contribution in [2.24, 2.45) is 0 Å². The van der Waals surface area contributed by atoms with E-state index in [1.807, 2.05) is 0 Å². The van der Waals surface area contributed by atoms with Crippen molar-refractivity contribution in [3.8, 4) is 44.5 Å². The van der Waals surface area contributed by atoms with Gasteiger partial charge in [0.05, 0.1) is 27.4 Å². The number of fused-ring (bicyclic) bond motifs is 5. The molecule has 0 fully saturated rings. The Labute approximate surface area is 289 Å². The quantitative estimate of drug-likeness (QED) is 0.185. The van der Waals surface area contributed by atoms with Gasteiger partial charge >= 0.3 is 0 Å². The van der Waals surface area contributed by atoms with Crippen LogP contribution in [0.4, 0.5) is 0 Å². The lowest BCUT2D eigenvalue weighted by molar-refractivity contribution is 0.669. The lowest BCUT2D eigenvalue weighted by Crippen LogP contribution is -1.91. The summed E-state index contributed by atoms with van der Waals surface area (Å²) in [6.45, 7) is 0. The van der Waals surface area contributed by atoms with E-state index in [0.29, 0.717) is 21.5 Å². The van der Waals surface area contributed by atoms with Gasteiger partial charge in [0.15, 0.2) is 0 Å². The Morgan fingerprint density at radius 2 is 0.889 bits per heavy atom. The maximum absolute atomic E-state index is 9.86. The minimum atomic E-state index is -0.743. The lowest BCUT2D eigenvalue weighted by Gasteiger charge is -2.18. The first-order valence-corrected chi connectivity index (χ1v) is 13.8. The number of benzene rings is 8. The van der Waals surface area contributed by atoms with Crippen molar-refractivity contribution in [1.29, 1.82) is 0 Å². The molecule has 9 rings (SSSR count). The van der Waals surface area contributed by atoms with Crippen molar-refractivity contribution in [1.82, 2.24) is 0 Å². The third kappa shape index (κ3) is 4.17. The maximum Gasteiger partial charge on any atom is 0.136 e. The van der Waals surface area contributed by atoms with Gasteiger partial charge in [-0.2, -0.15) is 0 Å². The third-order valence-corrected chi connectivity index (χ3v) is 7.63. The first kappa shape index (κ1) is 12.6. The molecule has 0 radical (unpaired) electrons. The van der Waals surface area contributed by atoms with Gasteiger partial charge in [0.1, 0.15) is 11.2 Å². The Bertz CT molecular complexity index is 3520. The highest BCUT2D eigenvalue weighted by Gasteiger charge is 2.19. The summed E-state index contributed by atoms with van der Waals surface area (Å²) in [6, 6.07) is -0.300. The molecule has 1 heteroatoms. The fourth-order valence-corrected chi connectivity index (χ4v) is 5.75. The highest BCUT2D eigenvalue weighted by atomic mass is 16.3. The van der Waals surface area contributed by atoms with Gasteiger partial charge in [-0.25, -0.2) is 0 Å². The van der Waals surface area contributed by atoms with Crippen molar-refractivity contribution in [2.45, 2.75) is 0 Å². The summed E-state index contributed by atoms with van der Waals surface area (Å²) < 4.78 is 182. The van der Waals surface area contributed by atoms with E-state index in [4.69, 9.17) is 25.0 Å². The minimum Gasteiger partial charge on any atom is -0.456 e. The predicted octanol–water partition coefficient (Wildman–Crippen LogP) is 12.6. The van der Waals surface area contributed by atoms with Crippen molar-refractivity contribution in [3.63, 3.8) is 0 Å². The van der Waals surface area contributed by atoms with Crippen molar-refractivity contribution in [2.75, 3.05) is 0 Å². The zero-order chi connectivity index (χ0) is 47.1. The van der Waals surface area contributed by atoms with Crippen LogP contribution in [0.1, 0.15) is 27.4 Å². The molecule has 8 aromatic carbocycles. The van der Waals surface area contributed by atoms with E-state index < -0.39 is 149 Å². The van der Waals surface area contributed by atoms with Crippen molar-refractivity contribution < 1.29 is 31.8 Å². The second kappa shape index (κ2) is 10.4. The van der Waals surface area contributed by atoms with E-state index in [-0.39, 0.29) is 38.6 Å². The maximum atomic E-state index is 9.86. The second-order valence-electron chi connectivity index (χ2n) is 10.1. The summed E-state index contributed by atoms with van der Waals surface area (Å²) in [5.41, 5.74) is -2.70. The molecule has 0 aliphatic carbocycles. The Morgan fingerprint density at radius 3 is 1.51 bits per heavy atom. The molecule has 1 heterocycles. The molecule has 0 amide bonds. The molecule has 0 saturated heterocycles. The van der Waals surface area contributed by atoms with Gasteiger partial charge in [0, 0.05) is 10.8 Å². The van der Waals surface area contributed by atoms with Crippen molar-refractivity contribution >= 4 is 43.5 Å². The molecule has 0 aliphatic rings. The Morgan fingerprint density at radius 1 is 0.378 bits per heavy atom. The van der Waals surface area contributed by atoms with E-state index in [2.05, 4.69) is 0 Å². The zero-order valence-electron chi connectivity index (χ0n) is 43.0. The first-order chi connectivity index (χ1) is 30.7. The smallest absolute Gasteiger partial charge is 0.136 e. The van der Waals surface area contributed by atoms with Gasteiger partial charge < -0.3 is 4.42 Å². The molecule has 0 spiro atoms. The zero-order valence-corrected chi connectivity index (χ0v) is 23.0. The predicted molar refractivity (Wildman–Crippen MR) is 190 cm³/mol. The van der Waals surface area contributed by atoms with Crippen LogP contribution >= 0.6 is 0 Å². The summed E-state index contributed by atoms with van der Waals surface area (Å²) in [5.74, 6) is 0. The summed E-state index contributed by atoms with van der Waals surface area (Å²) in [6.07, 6.45) is 0. The molecule has 1 nitrogen and oxygen atoms in total. The van der Waals surface area contributed by atoms with Gasteiger partial charge in [-0.1, -0.05) is 151 Å². The van der Waals surface area contributed by atoms with Gasteiger partial charge in [-0.05, 0) is 84.2 Å². The normalized spacial score (nSPS) is 17.8. The van der Waals surface area contributed by atoms with Crippen molar-refractivity contribution in [3.05, 3.63) is 169 Å². The fraction of sp³-hybridized carbons (Fsp3) is 0. The van der Waals surface area contributed by atoms with Crippen LogP contribution in [0.25, 0.3) is 88.0 Å². The van der Waals surface area contributed by atoms with Crippen LogP contribution in [0.5, 0.6) is 0 Å². The highest BCUT2D eigenvalue weighted by molar-refractivity contribution is 6.22. The SMILES string of the molecule is [2H]c1c([2H])c([2H])c(-c2c([2H])c([2H])c(-c3c4ccccc4c(-c4c([2H])c([2H])c5oc6c([2H])c([2H])c([2H])c(-c7c([2H])c([2H])c([2H])c([2H])c7[2H])c6c5c4[2H])c4ccccc34)c([2H])c2[2H])c([2H])c1[2H]. The average Bonchev–Trinajstić information content (AvgIpc) is 3.70. The standard InChI is InChI=1S/C44H28O/c1-3-12-29(13-4-1)30-22-24-32(25-23-30)42-35-16-7-9-18-37(35)43(38-19-10-8-17-36(38)42)33-26-27-40-39(28-33)44-34(20-11-21-41(44)45-40)31-14-5-2-6-15-31/h1-28H/i1D,2D,3D,4D,5D,6D,11D,12D,13D,14D,15D,20D,21D,22D,23D,24D,25D,26D,27D,28D. The number of hydrogen-bond donors (Lipinski definition) is 0. The molecule has 0 saturated carbocycles. The molecular weight excluding hydrogens is 544 g/mol. The van der Waals surface area contributed by atoms with Gasteiger partial charge in [-0.15, -0.1) is 0 Å². The van der Waals surface area contributed by atoms with Crippen LogP contribution in [0, 0.1) is 0 Å². The molecule has 9 aromatic rings. The lowest BCUT2D eigenvalue weighted by atomic mass is 9.85. The van der Waals surface area contributed by atoms with E-state index in [9.17, 15) is 6.85 Å². The number of furan rings is 1. The third-order valence-electron chi connectivity index (χ3n) is 7.63. The minimum absolute atomic E-state index is 0.166. The second-order valence-corrected chi connectivity index (χ2v) is 10.1. The molecular formula is C44H28O. The molecule has 0 N–H and O–H groups in total. The Kier molecular flexibility index (Phi) is 2.90. The van der Waals surface area contributed by atoms with Gasteiger partial charge in [-0.3, -0.25) is 0 Å². The average molecular weight is 593 g/mol. The van der Waals surface area contributed by atoms with E-state index in [1.165, 1.54) is 0 Å². The highest BCUT2D eigenvalue weighted by Crippen LogP contribution is 2.45. The molecule has 0 bridgehead atoms. The molecule has 0 unspecified atom stereocenters. The van der Waals surface area contributed by atoms with Crippen LogP contribution in [0.3, 0.4) is 0 Å². The molecule has 45 heavy (non-hydrogen) atoms. The first-order valence-electron chi connectivity index (χ1n) is 23.8. The molecule has 1 aromatic heterocycles. The van der Waals surface area contributed by atoms with Crippen LogP contribution in [0.15, 0.2) is 174 Å². The Balaban J connectivity index is 1.43. The summed E-state index contributed by atoms with van der Waals surface area (Å²) in [5, 5.41) is 0.740. The molecule has 0 aliphatic heterocycles. The summed E-state index contributed by atoms with van der Waals surface area (Å²) in [7, 11) is 0. The van der Waals surface area contributed by atoms with Crippen LogP contribution in [-0.4, -0.2) is 0 Å². The summed E-state index contributed by atoms with van der Waals surface area (Å²) >= 11 is 0. The van der Waals surface area contributed by atoms with E-state index in [1.54, 1.807) is 48.5 Å². The van der Waals surface area contributed by atoms with E-state index >= 15 is 0 Å². The number of hydrogen-bond acceptors (Lipinski definition) is 1. The summed E-state index contributed by atoms with van der Waals surface area (Å²) in [4.78, 5) is 0. The molecule has 0 atom stereocenters. The van der Waals surface area contributed by atoms with Crippen LogP contribution < -0.4 is 0 Å².